The lowest BCUT2D eigenvalue weighted by atomic mass is 10.1. The number of nitrogens with one attached hydrogen (secondary N) is 2. The highest BCUT2D eigenvalue weighted by Crippen LogP contribution is 2.27. The molecule has 1 amide bonds. The standard InChI is InChI=1S/C19H22ClFN2O3/c1-23(9-8-13-4-7-17(25-2)18(10-13)26-3)12-19(24)22-16-6-5-14(21)11-15(16)20/h4-7,10-11H,8-9,12H2,1-3H3,(H,22,24)/p+1. The van der Waals surface area contributed by atoms with Gasteiger partial charge in [0, 0.05) is 6.42 Å². The van der Waals surface area contributed by atoms with Crippen LogP contribution >= 0.6 is 11.6 Å². The fourth-order valence-corrected chi connectivity index (χ4v) is 2.76. The van der Waals surface area contributed by atoms with E-state index < -0.39 is 5.82 Å². The maximum absolute atomic E-state index is 13.0. The van der Waals surface area contributed by atoms with Crippen molar-refractivity contribution in [2.75, 3.05) is 39.7 Å². The number of carbonyl (C=O) groups is 1. The molecule has 0 radical (unpaired) electrons. The van der Waals surface area contributed by atoms with Crippen LogP contribution in [0.2, 0.25) is 5.02 Å². The van der Waals surface area contributed by atoms with Gasteiger partial charge in [-0.1, -0.05) is 17.7 Å². The summed E-state index contributed by atoms with van der Waals surface area (Å²) in [7, 11) is 5.14. The molecule has 1 unspecified atom stereocenters. The van der Waals surface area contributed by atoms with Crippen LogP contribution in [0.25, 0.3) is 0 Å². The normalized spacial score (nSPS) is 11.7. The number of hydrogen-bond acceptors (Lipinski definition) is 3. The molecule has 5 nitrogen and oxygen atoms in total. The Hall–Kier alpha value is -2.31. The Morgan fingerprint density at radius 3 is 2.54 bits per heavy atom. The van der Waals surface area contributed by atoms with Gasteiger partial charge in [0.2, 0.25) is 0 Å². The molecule has 2 aromatic rings. The number of hydrogen-bond donors (Lipinski definition) is 2. The van der Waals surface area contributed by atoms with E-state index >= 15 is 0 Å². The molecule has 0 fully saturated rings. The molecule has 2 aromatic carbocycles. The van der Waals surface area contributed by atoms with Crippen LogP contribution in [0.3, 0.4) is 0 Å². The maximum atomic E-state index is 13.0. The molecule has 0 aliphatic heterocycles. The smallest absolute Gasteiger partial charge is 0.279 e. The summed E-state index contributed by atoms with van der Waals surface area (Å²) in [6.07, 6.45) is 0.788. The van der Waals surface area contributed by atoms with Crippen LogP contribution in [0.1, 0.15) is 5.56 Å². The van der Waals surface area contributed by atoms with Gasteiger partial charge in [0.25, 0.3) is 5.91 Å². The van der Waals surface area contributed by atoms with Crippen LogP contribution in [-0.4, -0.2) is 40.3 Å². The number of amides is 1. The maximum Gasteiger partial charge on any atom is 0.279 e. The second-order valence-electron chi connectivity index (χ2n) is 6.00. The average molecular weight is 382 g/mol. The molecule has 0 aromatic heterocycles. The minimum Gasteiger partial charge on any atom is -0.493 e. The molecule has 0 aliphatic rings. The van der Waals surface area contributed by atoms with Crippen molar-refractivity contribution in [1.82, 2.24) is 0 Å². The van der Waals surface area contributed by atoms with Crippen LogP contribution in [0, 0.1) is 5.82 Å². The van der Waals surface area contributed by atoms with Crippen LogP contribution < -0.4 is 19.7 Å². The van der Waals surface area contributed by atoms with Crippen molar-refractivity contribution < 1.29 is 23.6 Å². The third kappa shape index (κ3) is 5.61. The van der Waals surface area contributed by atoms with Crippen molar-refractivity contribution in [2.24, 2.45) is 0 Å². The Labute approximate surface area is 157 Å². The Morgan fingerprint density at radius 2 is 1.88 bits per heavy atom. The van der Waals surface area contributed by atoms with E-state index in [1.165, 1.54) is 18.2 Å². The Kier molecular flexibility index (Phi) is 7.24. The Bertz CT molecular complexity index is 770. The topological polar surface area (TPSA) is 52.0 Å². The number of halogens is 2. The number of rotatable bonds is 8. The zero-order valence-electron chi connectivity index (χ0n) is 15.1. The van der Waals surface area contributed by atoms with E-state index in [4.69, 9.17) is 21.1 Å². The van der Waals surface area contributed by atoms with Gasteiger partial charge in [-0.3, -0.25) is 4.79 Å². The average Bonchev–Trinajstić information content (AvgIpc) is 2.62. The Morgan fingerprint density at radius 1 is 1.15 bits per heavy atom. The van der Waals surface area contributed by atoms with Gasteiger partial charge in [0.15, 0.2) is 18.0 Å². The molecule has 2 rings (SSSR count). The lowest BCUT2D eigenvalue weighted by Gasteiger charge is -2.15. The molecule has 1 atom stereocenters. The first kappa shape index (κ1) is 20.0. The third-order valence-electron chi connectivity index (χ3n) is 3.96. The number of ether oxygens (including phenoxy) is 2. The summed E-state index contributed by atoms with van der Waals surface area (Å²) >= 11 is 5.92. The molecule has 0 saturated heterocycles. The Balaban J connectivity index is 1.86. The predicted octanol–water partition coefficient (Wildman–Crippen LogP) is 2.19. The highest BCUT2D eigenvalue weighted by atomic mass is 35.5. The second-order valence-corrected chi connectivity index (χ2v) is 6.40. The van der Waals surface area contributed by atoms with Crippen molar-refractivity contribution in [3.8, 4) is 11.5 Å². The number of quaternary nitrogens is 1. The van der Waals surface area contributed by atoms with E-state index in [-0.39, 0.29) is 17.5 Å². The number of methoxy groups -OCH3 is 2. The molecule has 0 aliphatic carbocycles. The molecule has 0 saturated carbocycles. The fraction of sp³-hybridized carbons (Fsp3) is 0.316. The second kappa shape index (κ2) is 9.40. The number of benzene rings is 2. The predicted molar refractivity (Wildman–Crippen MR) is 99.9 cm³/mol. The van der Waals surface area contributed by atoms with E-state index in [0.717, 1.165) is 23.4 Å². The monoisotopic (exact) mass is 381 g/mol. The van der Waals surface area contributed by atoms with Gasteiger partial charge >= 0.3 is 0 Å². The summed E-state index contributed by atoms with van der Waals surface area (Å²) < 4.78 is 23.6. The van der Waals surface area contributed by atoms with Crippen LogP contribution in [0.15, 0.2) is 36.4 Å². The largest absolute Gasteiger partial charge is 0.493 e. The van der Waals surface area contributed by atoms with Crippen molar-refractivity contribution in [1.29, 1.82) is 0 Å². The molecule has 26 heavy (non-hydrogen) atoms. The zero-order chi connectivity index (χ0) is 19.1. The summed E-state index contributed by atoms with van der Waals surface area (Å²) in [5.74, 6) is 0.757. The minimum absolute atomic E-state index is 0.177. The van der Waals surface area contributed by atoms with Gasteiger partial charge in [0.1, 0.15) is 5.82 Å². The first-order valence-electron chi connectivity index (χ1n) is 8.20. The van der Waals surface area contributed by atoms with Gasteiger partial charge in [-0.25, -0.2) is 4.39 Å². The number of likely N-dealkylation sites (N-methyl/N-ethyl adjacent to an activating group) is 1. The summed E-state index contributed by atoms with van der Waals surface area (Å²) in [4.78, 5) is 13.2. The van der Waals surface area contributed by atoms with Gasteiger partial charge in [-0.2, -0.15) is 0 Å². The van der Waals surface area contributed by atoms with Crippen molar-refractivity contribution in [3.05, 3.63) is 52.8 Å². The third-order valence-corrected chi connectivity index (χ3v) is 4.27. The first-order chi connectivity index (χ1) is 12.4. The van der Waals surface area contributed by atoms with E-state index in [0.29, 0.717) is 17.2 Å². The van der Waals surface area contributed by atoms with Gasteiger partial charge in [-0.15, -0.1) is 0 Å². The quantitative estimate of drug-likeness (QED) is 0.737. The van der Waals surface area contributed by atoms with Crippen molar-refractivity contribution in [3.63, 3.8) is 0 Å². The minimum atomic E-state index is -0.439. The molecule has 0 spiro atoms. The van der Waals surface area contributed by atoms with Crippen LogP contribution in [-0.2, 0) is 11.2 Å². The molecule has 140 valence electrons. The highest BCUT2D eigenvalue weighted by molar-refractivity contribution is 6.33. The van der Waals surface area contributed by atoms with E-state index in [9.17, 15) is 9.18 Å². The van der Waals surface area contributed by atoms with Crippen LogP contribution in [0.5, 0.6) is 11.5 Å². The van der Waals surface area contributed by atoms with Crippen molar-refractivity contribution in [2.45, 2.75) is 6.42 Å². The van der Waals surface area contributed by atoms with Gasteiger partial charge < -0.3 is 19.7 Å². The van der Waals surface area contributed by atoms with E-state index in [1.54, 1.807) is 14.2 Å². The van der Waals surface area contributed by atoms with Crippen molar-refractivity contribution >= 4 is 23.2 Å². The van der Waals surface area contributed by atoms with Crippen LogP contribution in [0.4, 0.5) is 10.1 Å². The van der Waals surface area contributed by atoms with Gasteiger partial charge in [-0.05, 0) is 35.9 Å². The number of carbonyl (C=O) groups excluding carboxylic acids is 1. The van der Waals surface area contributed by atoms with Gasteiger partial charge in [0.05, 0.1) is 38.5 Å². The lowest BCUT2D eigenvalue weighted by molar-refractivity contribution is -0.870. The molecule has 0 bridgehead atoms. The molecule has 7 heteroatoms. The summed E-state index contributed by atoms with van der Waals surface area (Å²) in [5, 5.41) is 2.89. The fourth-order valence-electron chi connectivity index (χ4n) is 2.54. The molecular weight excluding hydrogens is 359 g/mol. The SMILES string of the molecule is COc1ccc(CC[NH+](C)CC(=O)Nc2ccc(F)cc2Cl)cc1OC. The van der Waals surface area contributed by atoms with E-state index in [2.05, 4.69) is 5.32 Å². The lowest BCUT2D eigenvalue weighted by Crippen LogP contribution is -3.10. The molecule has 2 N–H and O–H groups in total. The summed E-state index contributed by atoms with van der Waals surface area (Å²) in [6.45, 7) is 1.04. The number of anilines is 1. The summed E-state index contributed by atoms with van der Waals surface area (Å²) in [6, 6.07) is 9.67. The highest BCUT2D eigenvalue weighted by Gasteiger charge is 2.13. The van der Waals surface area contributed by atoms with E-state index in [1.807, 2.05) is 25.2 Å². The summed E-state index contributed by atoms with van der Waals surface area (Å²) in [5.41, 5.74) is 1.51. The first-order valence-corrected chi connectivity index (χ1v) is 8.58. The molecular formula is C19H23ClFN2O3+. The molecule has 0 heterocycles. The zero-order valence-corrected chi connectivity index (χ0v) is 15.8.